The van der Waals surface area contributed by atoms with Crippen molar-refractivity contribution in [3.05, 3.63) is 123 Å². The van der Waals surface area contributed by atoms with Crippen LogP contribution >= 0.6 is 11.6 Å². The standard InChI is InChI=1S/C24H19ClN2O4/c1-2-15-31-24(18-9-11-19(25)12-10-18)22-6-4-3-5-21(22)23(28)26(24)16-17-7-13-20(14-8-17)27(29)30/h2-14H,1,15-16H2. The molecule has 0 aromatic heterocycles. The summed E-state index contributed by atoms with van der Waals surface area (Å²) in [6.07, 6.45) is 1.63. The summed E-state index contributed by atoms with van der Waals surface area (Å²) in [7, 11) is 0. The van der Waals surface area contributed by atoms with Gasteiger partial charge < -0.3 is 4.74 Å². The molecular formula is C24H19ClN2O4. The van der Waals surface area contributed by atoms with Crippen molar-refractivity contribution >= 4 is 23.2 Å². The third-order valence-electron chi connectivity index (χ3n) is 5.28. The number of non-ortho nitro benzene ring substituents is 1. The van der Waals surface area contributed by atoms with Gasteiger partial charge in [0.05, 0.1) is 11.5 Å². The molecular weight excluding hydrogens is 416 g/mol. The fourth-order valence-corrected chi connectivity index (χ4v) is 4.02. The number of fused-ring (bicyclic) bond motifs is 1. The van der Waals surface area contributed by atoms with Gasteiger partial charge in [0.25, 0.3) is 11.6 Å². The zero-order valence-electron chi connectivity index (χ0n) is 16.5. The number of rotatable bonds is 7. The maximum atomic E-state index is 13.5. The summed E-state index contributed by atoms with van der Waals surface area (Å²) in [6, 6.07) is 20.7. The second kappa shape index (κ2) is 8.34. The van der Waals surface area contributed by atoms with Gasteiger partial charge in [0, 0.05) is 40.4 Å². The van der Waals surface area contributed by atoms with Gasteiger partial charge in [0.1, 0.15) is 0 Å². The molecule has 0 bridgehead atoms. The number of carbonyl (C=O) groups is 1. The lowest BCUT2D eigenvalue weighted by Crippen LogP contribution is -2.46. The molecule has 0 saturated heterocycles. The molecule has 0 saturated carbocycles. The Labute approximate surface area is 184 Å². The van der Waals surface area contributed by atoms with Crippen LogP contribution in [0.5, 0.6) is 0 Å². The highest BCUT2D eigenvalue weighted by molar-refractivity contribution is 6.30. The van der Waals surface area contributed by atoms with Crippen molar-refractivity contribution in [1.29, 1.82) is 0 Å². The SMILES string of the molecule is C=CCOC1(c2ccc(Cl)cc2)c2ccccc2C(=O)N1Cc1ccc([N+](=O)[O-])cc1. The van der Waals surface area contributed by atoms with Crippen molar-refractivity contribution in [2.24, 2.45) is 0 Å². The highest BCUT2D eigenvalue weighted by atomic mass is 35.5. The van der Waals surface area contributed by atoms with Crippen molar-refractivity contribution < 1.29 is 14.5 Å². The predicted octanol–water partition coefficient (Wildman–Crippen LogP) is 5.31. The Bertz CT molecular complexity index is 1150. The smallest absolute Gasteiger partial charge is 0.269 e. The molecule has 3 aromatic rings. The summed E-state index contributed by atoms with van der Waals surface area (Å²) in [5, 5.41) is 11.6. The largest absolute Gasteiger partial charge is 0.343 e. The van der Waals surface area contributed by atoms with Crippen molar-refractivity contribution in [2.75, 3.05) is 6.61 Å². The second-order valence-corrected chi connectivity index (χ2v) is 7.55. The zero-order valence-corrected chi connectivity index (χ0v) is 17.3. The Morgan fingerprint density at radius 3 is 2.39 bits per heavy atom. The van der Waals surface area contributed by atoms with E-state index in [1.807, 2.05) is 30.3 Å². The fourth-order valence-electron chi connectivity index (χ4n) is 3.89. The molecule has 3 aromatic carbocycles. The molecule has 0 aliphatic carbocycles. The first-order chi connectivity index (χ1) is 15.0. The zero-order chi connectivity index (χ0) is 22.0. The van der Waals surface area contributed by atoms with E-state index in [0.29, 0.717) is 10.6 Å². The molecule has 31 heavy (non-hydrogen) atoms. The van der Waals surface area contributed by atoms with Crippen molar-refractivity contribution in [1.82, 2.24) is 4.90 Å². The average Bonchev–Trinajstić information content (AvgIpc) is 3.02. The first-order valence-electron chi connectivity index (χ1n) is 9.63. The van der Waals surface area contributed by atoms with E-state index in [9.17, 15) is 14.9 Å². The summed E-state index contributed by atoms with van der Waals surface area (Å²) >= 11 is 6.11. The van der Waals surface area contributed by atoms with E-state index in [0.717, 1.165) is 16.7 Å². The van der Waals surface area contributed by atoms with Crippen LogP contribution in [0.15, 0.2) is 85.5 Å². The molecule has 4 rings (SSSR count). The van der Waals surface area contributed by atoms with Crippen LogP contribution in [-0.2, 0) is 17.0 Å². The Hall–Kier alpha value is -3.48. The lowest BCUT2D eigenvalue weighted by Gasteiger charge is -2.39. The van der Waals surface area contributed by atoms with Crippen LogP contribution in [0.25, 0.3) is 0 Å². The fraction of sp³-hybridized carbons (Fsp3) is 0.125. The molecule has 1 unspecified atom stereocenters. The number of carbonyl (C=O) groups excluding carboxylic acids is 1. The Balaban J connectivity index is 1.86. The molecule has 0 N–H and O–H groups in total. The van der Waals surface area contributed by atoms with Gasteiger partial charge in [-0.1, -0.05) is 60.1 Å². The van der Waals surface area contributed by atoms with Gasteiger partial charge in [-0.05, 0) is 23.8 Å². The third-order valence-corrected chi connectivity index (χ3v) is 5.53. The van der Waals surface area contributed by atoms with Gasteiger partial charge in [-0.25, -0.2) is 0 Å². The van der Waals surface area contributed by atoms with E-state index in [4.69, 9.17) is 16.3 Å². The minimum atomic E-state index is -1.19. The van der Waals surface area contributed by atoms with Crippen LogP contribution in [-0.4, -0.2) is 22.3 Å². The lowest BCUT2D eigenvalue weighted by atomic mass is 9.93. The minimum Gasteiger partial charge on any atom is -0.343 e. The first kappa shape index (κ1) is 20.8. The van der Waals surface area contributed by atoms with E-state index in [2.05, 4.69) is 6.58 Å². The van der Waals surface area contributed by atoms with Gasteiger partial charge in [0.2, 0.25) is 0 Å². The topological polar surface area (TPSA) is 72.7 Å². The summed E-state index contributed by atoms with van der Waals surface area (Å²) in [6.45, 7) is 4.17. The molecule has 1 atom stereocenters. The predicted molar refractivity (Wildman–Crippen MR) is 118 cm³/mol. The van der Waals surface area contributed by atoms with Crippen LogP contribution < -0.4 is 0 Å². The van der Waals surface area contributed by atoms with E-state index in [1.165, 1.54) is 12.1 Å². The van der Waals surface area contributed by atoms with Crippen molar-refractivity contribution in [3.63, 3.8) is 0 Å². The minimum absolute atomic E-state index is 0.00773. The van der Waals surface area contributed by atoms with E-state index in [1.54, 1.807) is 41.3 Å². The van der Waals surface area contributed by atoms with Gasteiger partial charge in [-0.2, -0.15) is 0 Å². The summed E-state index contributed by atoms with van der Waals surface area (Å²) in [5.74, 6) is -0.187. The first-order valence-corrected chi connectivity index (χ1v) is 10.0. The number of hydrogen-bond donors (Lipinski definition) is 0. The van der Waals surface area contributed by atoms with Crippen LogP contribution in [0, 0.1) is 10.1 Å². The monoisotopic (exact) mass is 434 g/mol. The maximum absolute atomic E-state index is 13.5. The van der Waals surface area contributed by atoms with Gasteiger partial charge in [-0.3, -0.25) is 19.8 Å². The molecule has 0 fully saturated rings. The van der Waals surface area contributed by atoms with Gasteiger partial charge in [-0.15, -0.1) is 6.58 Å². The maximum Gasteiger partial charge on any atom is 0.269 e. The van der Waals surface area contributed by atoms with Gasteiger partial charge in [0.15, 0.2) is 5.72 Å². The van der Waals surface area contributed by atoms with Crippen LogP contribution in [0.4, 0.5) is 5.69 Å². The van der Waals surface area contributed by atoms with E-state index < -0.39 is 10.6 Å². The Morgan fingerprint density at radius 1 is 1.06 bits per heavy atom. The average molecular weight is 435 g/mol. The van der Waals surface area contributed by atoms with Crippen molar-refractivity contribution in [2.45, 2.75) is 12.3 Å². The normalized spacial score (nSPS) is 17.5. The van der Waals surface area contributed by atoms with Gasteiger partial charge >= 0.3 is 0 Å². The number of nitrogens with zero attached hydrogens (tertiary/aromatic N) is 2. The van der Waals surface area contributed by atoms with Crippen molar-refractivity contribution in [3.8, 4) is 0 Å². The number of hydrogen-bond acceptors (Lipinski definition) is 4. The highest BCUT2D eigenvalue weighted by Crippen LogP contribution is 2.46. The number of amides is 1. The summed E-state index contributed by atoms with van der Waals surface area (Å²) in [5.41, 5.74) is 1.57. The van der Waals surface area contributed by atoms with E-state index >= 15 is 0 Å². The third kappa shape index (κ3) is 3.60. The summed E-state index contributed by atoms with van der Waals surface area (Å²) in [4.78, 5) is 25.7. The highest BCUT2D eigenvalue weighted by Gasteiger charge is 2.51. The van der Waals surface area contributed by atoms with Crippen LogP contribution in [0.2, 0.25) is 5.02 Å². The Morgan fingerprint density at radius 2 is 1.74 bits per heavy atom. The van der Waals surface area contributed by atoms with E-state index in [-0.39, 0.29) is 24.7 Å². The number of ether oxygens (including phenoxy) is 1. The number of halogens is 1. The molecule has 0 radical (unpaired) electrons. The van der Waals surface area contributed by atoms with Crippen LogP contribution in [0.3, 0.4) is 0 Å². The molecule has 1 amide bonds. The van der Waals surface area contributed by atoms with Crippen LogP contribution in [0.1, 0.15) is 27.0 Å². The second-order valence-electron chi connectivity index (χ2n) is 7.11. The molecule has 6 nitrogen and oxygen atoms in total. The Kier molecular flexibility index (Phi) is 5.59. The molecule has 1 aliphatic heterocycles. The molecule has 1 aliphatic rings. The molecule has 0 spiro atoms. The quantitative estimate of drug-likeness (QED) is 0.287. The molecule has 156 valence electrons. The number of nitro groups is 1. The number of nitro benzene ring substituents is 1. The molecule has 1 heterocycles. The molecule has 7 heteroatoms. The number of benzene rings is 3. The summed E-state index contributed by atoms with van der Waals surface area (Å²) < 4.78 is 6.35. The lowest BCUT2D eigenvalue weighted by molar-refractivity contribution is -0.384.